The second-order valence-corrected chi connectivity index (χ2v) is 5.70. The summed E-state index contributed by atoms with van der Waals surface area (Å²) in [5.41, 5.74) is 2.70. The molecule has 1 aromatic rings. The molecule has 0 radical (unpaired) electrons. The first kappa shape index (κ1) is 14.4. The van der Waals surface area contributed by atoms with E-state index in [9.17, 15) is 4.79 Å². The summed E-state index contributed by atoms with van der Waals surface area (Å²) >= 11 is 0. The first-order chi connectivity index (χ1) is 10.2. The molecule has 3 rings (SSSR count). The highest BCUT2D eigenvalue weighted by Gasteiger charge is 2.32. The van der Waals surface area contributed by atoms with E-state index in [4.69, 9.17) is 14.6 Å². The van der Waals surface area contributed by atoms with Crippen molar-refractivity contribution < 1.29 is 19.4 Å². The fraction of sp³-hybridized carbons (Fsp3) is 0.562. The molecule has 0 spiro atoms. The highest BCUT2D eigenvalue weighted by atomic mass is 16.5. The van der Waals surface area contributed by atoms with Gasteiger partial charge in [0, 0.05) is 19.1 Å². The van der Waals surface area contributed by atoms with Crippen molar-refractivity contribution in [2.45, 2.75) is 31.4 Å². The van der Waals surface area contributed by atoms with Crippen LogP contribution in [-0.2, 0) is 16.0 Å². The van der Waals surface area contributed by atoms with Gasteiger partial charge in [0.15, 0.2) is 0 Å². The van der Waals surface area contributed by atoms with Crippen molar-refractivity contribution in [2.24, 2.45) is 0 Å². The molecule has 1 heterocycles. The van der Waals surface area contributed by atoms with Gasteiger partial charge in [-0.05, 0) is 36.1 Å². The summed E-state index contributed by atoms with van der Waals surface area (Å²) < 4.78 is 10.9. The maximum atomic E-state index is 10.9. The topological polar surface area (TPSA) is 59.0 Å². The van der Waals surface area contributed by atoms with E-state index in [0.29, 0.717) is 19.2 Å². The van der Waals surface area contributed by atoms with Crippen LogP contribution in [0.2, 0.25) is 0 Å². The van der Waals surface area contributed by atoms with E-state index in [1.807, 2.05) is 6.07 Å². The van der Waals surface area contributed by atoms with E-state index >= 15 is 0 Å². The molecule has 2 atom stereocenters. The maximum absolute atomic E-state index is 10.9. The minimum atomic E-state index is -0.796. The van der Waals surface area contributed by atoms with Crippen LogP contribution in [-0.4, -0.2) is 48.9 Å². The average molecular weight is 291 g/mol. The van der Waals surface area contributed by atoms with Crippen molar-refractivity contribution in [2.75, 3.05) is 26.8 Å². The van der Waals surface area contributed by atoms with E-state index < -0.39 is 5.97 Å². The molecule has 1 N–H and O–H groups in total. The Kier molecular flexibility index (Phi) is 4.12. The number of fused-ring (bicyclic) bond motifs is 1. The van der Waals surface area contributed by atoms with Crippen molar-refractivity contribution in [1.29, 1.82) is 0 Å². The molecule has 1 aliphatic carbocycles. The number of methoxy groups -OCH3 is 1. The van der Waals surface area contributed by atoms with Gasteiger partial charge in [0.25, 0.3) is 0 Å². The van der Waals surface area contributed by atoms with Gasteiger partial charge in [0.05, 0.1) is 26.2 Å². The monoisotopic (exact) mass is 291 g/mol. The van der Waals surface area contributed by atoms with Gasteiger partial charge in [-0.1, -0.05) is 6.07 Å². The molecule has 1 saturated heterocycles. The quantitative estimate of drug-likeness (QED) is 0.917. The number of nitrogens with zero attached hydrogens (tertiary/aromatic N) is 1. The Bertz CT molecular complexity index is 531. The van der Waals surface area contributed by atoms with Gasteiger partial charge in [-0.15, -0.1) is 0 Å². The second kappa shape index (κ2) is 6.03. The average Bonchev–Trinajstić information content (AvgIpc) is 2.89. The summed E-state index contributed by atoms with van der Waals surface area (Å²) in [5.74, 6) is 0.0892. The number of hydrogen-bond acceptors (Lipinski definition) is 4. The van der Waals surface area contributed by atoms with Crippen molar-refractivity contribution in [3.8, 4) is 5.75 Å². The lowest BCUT2D eigenvalue weighted by Gasteiger charge is -2.36. The van der Waals surface area contributed by atoms with Gasteiger partial charge in [0.1, 0.15) is 5.75 Å². The first-order valence-electron chi connectivity index (χ1n) is 7.41. The SMILES string of the molecule is COc1ccc2c(c1)C(N1CCOC(CC(=O)O)C1)CC2. The van der Waals surface area contributed by atoms with Gasteiger partial charge in [0.2, 0.25) is 0 Å². The zero-order valence-corrected chi connectivity index (χ0v) is 12.2. The Morgan fingerprint density at radius 1 is 1.52 bits per heavy atom. The first-order valence-corrected chi connectivity index (χ1v) is 7.41. The van der Waals surface area contributed by atoms with Gasteiger partial charge in [-0.25, -0.2) is 0 Å². The maximum Gasteiger partial charge on any atom is 0.306 e. The standard InChI is InChI=1S/C16H21NO4/c1-20-12-4-2-11-3-5-15(14(11)8-12)17-6-7-21-13(10-17)9-16(18)19/h2,4,8,13,15H,3,5-7,9-10H2,1H3,(H,18,19). The van der Waals surface area contributed by atoms with E-state index in [1.54, 1.807) is 7.11 Å². The Morgan fingerprint density at radius 3 is 3.14 bits per heavy atom. The third-order valence-electron chi connectivity index (χ3n) is 4.41. The minimum Gasteiger partial charge on any atom is -0.497 e. The molecule has 0 saturated carbocycles. The third-order valence-corrected chi connectivity index (χ3v) is 4.41. The Morgan fingerprint density at radius 2 is 2.38 bits per heavy atom. The van der Waals surface area contributed by atoms with E-state index in [-0.39, 0.29) is 12.5 Å². The fourth-order valence-corrected chi connectivity index (χ4v) is 3.41. The molecular formula is C16H21NO4. The Balaban J connectivity index is 1.75. The minimum absolute atomic E-state index is 0.0776. The summed E-state index contributed by atoms with van der Waals surface area (Å²) in [7, 11) is 1.68. The van der Waals surface area contributed by atoms with Crippen molar-refractivity contribution >= 4 is 5.97 Å². The normalized spacial score (nSPS) is 25.6. The van der Waals surface area contributed by atoms with Crippen LogP contribution in [0.1, 0.15) is 30.0 Å². The number of carboxylic acid groups (broad SMARTS) is 1. The van der Waals surface area contributed by atoms with Crippen molar-refractivity contribution in [1.82, 2.24) is 4.90 Å². The summed E-state index contributed by atoms with van der Waals surface area (Å²) in [5, 5.41) is 8.93. The number of hydrogen-bond donors (Lipinski definition) is 1. The van der Waals surface area contributed by atoms with Crippen molar-refractivity contribution in [3.05, 3.63) is 29.3 Å². The number of ether oxygens (including phenoxy) is 2. The molecular weight excluding hydrogens is 270 g/mol. The Labute approximate surface area is 124 Å². The van der Waals surface area contributed by atoms with Gasteiger partial charge in [-0.2, -0.15) is 0 Å². The van der Waals surface area contributed by atoms with Crippen LogP contribution < -0.4 is 4.74 Å². The van der Waals surface area contributed by atoms with Crippen molar-refractivity contribution in [3.63, 3.8) is 0 Å². The predicted molar refractivity (Wildman–Crippen MR) is 77.6 cm³/mol. The largest absolute Gasteiger partial charge is 0.497 e. The van der Waals surface area contributed by atoms with Crippen LogP contribution >= 0.6 is 0 Å². The highest BCUT2D eigenvalue weighted by molar-refractivity contribution is 5.67. The molecule has 1 fully saturated rings. The zero-order chi connectivity index (χ0) is 14.8. The fourth-order valence-electron chi connectivity index (χ4n) is 3.41. The van der Waals surface area contributed by atoms with Gasteiger partial charge in [-0.3, -0.25) is 9.69 Å². The number of carbonyl (C=O) groups is 1. The van der Waals surface area contributed by atoms with Gasteiger partial charge < -0.3 is 14.6 Å². The molecule has 5 nitrogen and oxygen atoms in total. The zero-order valence-electron chi connectivity index (χ0n) is 12.2. The summed E-state index contributed by atoms with van der Waals surface area (Å²) in [4.78, 5) is 13.2. The lowest BCUT2D eigenvalue weighted by Crippen LogP contribution is -2.44. The number of rotatable bonds is 4. The number of aliphatic carboxylic acids is 1. The van der Waals surface area contributed by atoms with Crippen LogP contribution in [0.25, 0.3) is 0 Å². The molecule has 5 heteroatoms. The Hall–Kier alpha value is -1.59. The molecule has 1 aliphatic heterocycles. The molecule has 21 heavy (non-hydrogen) atoms. The summed E-state index contributed by atoms with van der Waals surface area (Å²) in [6, 6.07) is 6.63. The highest BCUT2D eigenvalue weighted by Crippen LogP contribution is 2.38. The molecule has 114 valence electrons. The van der Waals surface area contributed by atoms with Crippen LogP contribution in [0.3, 0.4) is 0 Å². The second-order valence-electron chi connectivity index (χ2n) is 5.70. The number of benzene rings is 1. The summed E-state index contributed by atoms with van der Waals surface area (Å²) in [6.07, 6.45) is 2.03. The van der Waals surface area contributed by atoms with E-state index in [2.05, 4.69) is 17.0 Å². The predicted octanol–water partition coefficient (Wildman–Crippen LogP) is 1.86. The molecule has 0 aromatic heterocycles. The summed E-state index contributed by atoms with van der Waals surface area (Å²) in [6.45, 7) is 2.15. The van der Waals surface area contributed by atoms with Gasteiger partial charge >= 0.3 is 5.97 Å². The van der Waals surface area contributed by atoms with Crippen LogP contribution in [0.15, 0.2) is 18.2 Å². The molecule has 2 unspecified atom stereocenters. The smallest absolute Gasteiger partial charge is 0.306 e. The van der Waals surface area contributed by atoms with E-state index in [0.717, 1.165) is 25.1 Å². The molecule has 0 amide bonds. The lowest BCUT2D eigenvalue weighted by molar-refractivity contribution is -0.142. The lowest BCUT2D eigenvalue weighted by atomic mass is 10.0. The number of carboxylic acids is 1. The van der Waals surface area contributed by atoms with Crippen LogP contribution in [0.5, 0.6) is 5.75 Å². The molecule has 2 aliphatic rings. The third kappa shape index (κ3) is 3.04. The van der Waals surface area contributed by atoms with Crippen LogP contribution in [0, 0.1) is 0 Å². The van der Waals surface area contributed by atoms with E-state index in [1.165, 1.54) is 11.1 Å². The molecule has 0 bridgehead atoms. The van der Waals surface area contributed by atoms with Crippen LogP contribution in [0.4, 0.5) is 0 Å². The number of aryl methyl sites for hydroxylation is 1. The molecule has 1 aromatic carbocycles. The number of morpholine rings is 1.